The average Bonchev–Trinajstić information content (AvgIpc) is 2.91. The van der Waals surface area contributed by atoms with E-state index in [0.717, 1.165) is 19.0 Å². The Balaban J connectivity index is 2.05. The number of aromatic nitrogens is 5. The number of amides is 1. The van der Waals surface area contributed by atoms with Crippen LogP contribution in [-0.2, 0) is 17.8 Å². The van der Waals surface area contributed by atoms with Crippen LogP contribution in [-0.4, -0.2) is 30.9 Å². The maximum Gasteiger partial charge on any atom is 0.266 e. The highest BCUT2D eigenvalue weighted by Gasteiger charge is 2.16. The van der Waals surface area contributed by atoms with Gasteiger partial charge in [0.25, 0.3) is 11.1 Å². The molecule has 0 aliphatic heterocycles. The molecule has 0 aromatic carbocycles. The van der Waals surface area contributed by atoms with Gasteiger partial charge >= 0.3 is 0 Å². The number of nitrogens with one attached hydrogen (secondary N) is 3. The Bertz CT molecular complexity index is 759. The van der Waals surface area contributed by atoms with Gasteiger partial charge in [0.15, 0.2) is 5.82 Å². The van der Waals surface area contributed by atoms with E-state index in [0.29, 0.717) is 5.82 Å². The van der Waals surface area contributed by atoms with E-state index in [2.05, 4.69) is 25.7 Å². The first-order valence-corrected chi connectivity index (χ1v) is 6.99. The quantitative estimate of drug-likeness (QED) is 0.662. The number of H-pyrrole nitrogens is 2. The van der Waals surface area contributed by atoms with Crippen LogP contribution in [0.15, 0.2) is 22.0 Å². The van der Waals surface area contributed by atoms with Gasteiger partial charge in [0.2, 0.25) is 5.91 Å². The van der Waals surface area contributed by atoms with Crippen molar-refractivity contribution in [3.63, 3.8) is 0 Å². The predicted molar refractivity (Wildman–Crippen MR) is 78.3 cm³/mol. The van der Waals surface area contributed by atoms with Crippen LogP contribution < -0.4 is 16.4 Å². The minimum absolute atomic E-state index is 0.114. The topological polar surface area (TPSA) is 126 Å². The van der Waals surface area contributed by atoms with E-state index < -0.39 is 11.1 Å². The smallest absolute Gasteiger partial charge is 0.266 e. The summed E-state index contributed by atoms with van der Waals surface area (Å²) in [6.45, 7) is 4.58. The first-order chi connectivity index (χ1) is 10.5. The highest BCUT2D eigenvalue weighted by atomic mass is 16.2. The Labute approximate surface area is 125 Å². The molecule has 2 aromatic heterocycles. The van der Waals surface area contributed by atoms with Crippen LogP contribution in [0, 0.1) is 0 Å². The van der Waals surface area contributed by atoms with E-state index in [1.165, 1.54) is 0 Å². The lowest BCUT2D eigenvalue weighted by atomic mass is 10.2. The predicted octanol–water partition coefficient (Wildman–Crippen LogP) is -0.515. The molecular formula is C13H18N6O3. The Kier molecular flexibility index (Phi) is 4.87. The van der Waals surface area contributed by atoms with E-state index in [4.69, 9.17) is 0 Å². The van der Waals surface area contributed by atoms with Crippen molar-refractivity contribution in [1.29, 1.82) is 0 Å². The lowest BCUT2D eigenvalue weighted by Gasteiger charge is -2.14. The summed E-state index contributed by atoms with van der Waals surface area (Å²) in [5.74, 6) is 0.282. The summed E-state index contributed by atoms with van der Waals surface area (Å²) in [6, 6.07) is 0.769. The zero-order chi connectivity index (χ0) is 16.1. The fraction of sp³-hybridized carbons (Fsp3) is 0.462. The van der Waals surface area contributed by atoms with Gasteiger partial charge in [-0.3, -0.25) is 24.6 Å². The molecule has 1 atom stereocenters. The molecule has 22 heavy (non-hydrogen) atoms. The molecule has 0 aliphatic carbocycles. The molecule has 0 unspecified atom stereocenters. The number of nitrogens with zero attached hydrogens (tertiary/aromatic N) is 3. The van der Waals surface area contributed by atoms with Crippen LogP contribution in [0.5, 0.6) is 0 Å². The Hall–Kier alpha value is -2.71. The summed E-state index contributed by atoms with van der Waals surface area (Å²) in [4.78, 5) is 34.7. The normalized spacial score (nSPS) is 12.1. The van der Waals surface area contributed by atoms with E-state index in [9.17, 15) is 14.4 Å². The molecule has 0 radical (unpaired) electrons. The second-order valence-corrected chi connectivity index (χ2v) is 4.96. The summed E-state index contributed by atoms with van der Waals surface area (Å²) in [7, 11) is 0. The molecule has 3 N–H and O–H groups in total. The van der Waals surface area contributed by atoms with Crippen molar-refractivity contribution in [3.8, 4) is 0 Å². The Morgan fingerprint density at radius 2 is 2.18 bits per heavy atom. The van der Waals surface area contributed by atoms with Crippen molar-refractivity contribution in [1.82, 2.24) is 30.3 Å². The number of carbonyl (C=O) groups excluding carboxylic acids is 1. The molecule has 1 amide bonds. The van der Waals surface area contributed by atoms with E-state index in [1.807, 2.05) is 11.5 Å². The van der Waals surface area contributed by atoms with Crippen molar-refractivity contribution in [2.75, 3.05) is 0 Å². The van der Waals surface area contributed by atoms with Crippen molar-refractivity contribution < 1.29 is 4.79 Å². The zero-order valence-corrected chi connectivity index (χ0v) is 12.4. The lowest BCUT2D eigenvalue weighted by Crippen LogP contribution is -2.32. The molecule has 0 spiro atoms. The number of aromatic amines is 2. The fourth-order valence-corrected chi connectivity index (χ4v) is 2.13. The molecule has 2 rings (SSSR count). The van der Waals surface area contributed by atoms with Gasteiger partial charge in [0.1, 0.15) is 6.33 Å². The maximum absolute atomic E-state index is 12.0. The standard InChI is InChI=1S/C13H18N6O3/c1-3-4-19-7-14-17-12(19)8(2)15-10(20)5-9-6-11(21)16-18-13(9)22/h6-8H,3-5H2,1-2H3,(H,15,20)(H,16,21)(H,18,22)/t8-/m0/s1. The van der Waals surface area contributed by atoms with Gasteiger partial charge in [-0.2, -0.15) is 0 Å². The van der Waals surface area contributed by atoms with Crippen molar-refractivity contribution in [2.45, 2.75) is 39.3 Å². The third-order valence-electron chi connectivity index (χ3n) is 3.12. The highest BCUT2D eigenvalue weighted by molar-refractivity contribution is 5.78. The van der Waals surface area contributed by atoms with Gasteiger partial charge in [-0.05, 0) is 13.3 Å². The number of carbonyl (C=O) groups is 1. The second kappa shape index (κ2) is 6.83. The summed E-state index contributed by atoms with van der Waals surface area (Å²) in [6.07, 6.45) is 2.36. The number of hydrogen-bond donors (Lipinski definition) is 3. The first kappa shape index (κ1) is 15.7. The molecule has 0 bridgehead atoms. The molecule has 9 heteroatoms. The van der Waals surface area contributed by atoms with Crippen LogP contribution in [0.2, 0.25) is 0 Å². The molecule has 0 saturated heterocycles. The van der Waals surface area contributed by atoms with Gasteiger partial charge in [-0.25, -0.2) is 0 Å². The lowest BCUT2D eigenvalue weighted by molar-refractivity contribution is -0.121. The minimum atomic E-state index is -0.489. The van der Waals surface area contributed by atoms with Crippen LogP contribution in [0.1, 0.15) is 37.7 Å². The van der Waals surface area contributed by atoms with Gasteiger partial charge in [0, 0.05) is 18.2 Å². The molecule has 2 aromatic rings. The summed E-state index contributed by atoms with van der Waals surface area (Å²) >= 11 is 0. The molecule has 0 aliphatic rings. The van der Waals surface area contributed by atoms with Crippen molar-refractivity contribution >= 4 is 5.91 Å². The fourth-order valence-electron chi connectivity index (χ4n) is 2.13. The van der Waals surface area contributed by atoms with Crippen LogP contribution in [0.25, 0.3) is 0 Å². The Morgan fingerprint density at radius 1 is 1.41 bits per heavy atom. The average molecular weight is 306 g/mol. The van der Waals surface area contributed by atoms with Gasteiger partial charge in [0.05, 0.1) is 12.5 Å². The van der Waals surface area contributed by atoms with E-state index in [1.54, 1.807) is 13.3 Å². The first-order valence-electron chi connectivity index (χ1n) is 6.99. The molecule has 118 valence electrons. The maximum atomic E-state index is 12.0. The van der Waals surface area contributed by atoms with Crippen LogP contribution in [0.4, 0.5) is 0 Å². The van der Waals surface area contributed by atoms with Crippen molar-refractivity contribution in [3.05, 3.63) is 44.5 Å². The SMILES string of the molecule is CCCn1cnnc1[C@H](C)NC(=O)Cc1cc(=O)[nH][nH]c1=O. The molecular weight excluding hydrogens is 288 g/mol. The second-order valence-electron chi connectivity index (χ2n) is 4.96. The minimum Gasteiger partial charge on any atom is -0.346 e. The number of hydrogen-bond acceptors (Lipinski definition) is 5. The molecule has 2 heterocycles. The van der Waals surface area contributed by atoms with Gasteiger partial charge < -0.3 is 9.88 Å². The third kappa shape index (κ3) is 3.68. The molecule has 0 fully saturated rings. The van der Waals surface area contributed by atoms with Crippen molar-refractivity contribution in [2.24, 2.45) is 0 Å². The third-order valence-corrected chi connectivity index (χ3v) is 3.12. The van der Waals surface area contributed by atoms with Crippen LogP contribution in [0.3, 0.4) is 0 Å². The number of aryl methyl sites for hydroxylation is 1. The summed E-state index contributed by atoms with van der Waals surface area (Å²) in [5, 5.41) is 14.9. The van der Waals surface area contributed by atoms with Gasteiger partial charge in [-0.1, -0.05) is 6.92 Å². The summed E-state index contributed by atoms with van der Waals surface area (Å²) < 4.78 is 1.87. The largest absolute Gasteiger partial charge is 0.346 e. The summed E-state index contributed by atoms with van der Waals surface area (Å²) in [5.41, 5.74) is -0.835. The number of rotatable bonds is 6. The molecule has 0 saturated carbocycles. The van der Waals surface area contributed by atoms with Gasteiger partial charge in [-0.15, -0.1) is 10.2 Å². The van der Waals surface area contributed by atoms with E-state index >= 15 is 0 Å². The monoisotopic (exact) mass is 306 g/mol. The Morgan fingerprint density at radius 3 is 2.91 bits per heavy atom. The zero-order valence-electron chi connectivity index (χ0n) is 12.4. The molecule has 9 nitrogen and oxygen atoms in total. The van der Waals surface area contributed by atoms with Crippen LogP contribution >= 0.6 is 0 Å². The van der Waals surface area contributed by atoms with E-state index in [-0.39, 0.29) is 23.9 Å². The highest BCUT2D eigenvalue weighted by Crippen LogP contribution is 2.09.